The summed E-state index contributed by atoms with van der Waals surface area (Å²) in [6.45, 7) is 0. The number of aromatic carboxylic acids is 1. The Morgan fingerprint density at radius 2 is 2.00 bits per heavy atom. The van der Waals surface area contributed by atoms with Crippen LogP contribution in [0.5, 0.6) is 0 Å². The van der Waals surface area contributed by atoms with E-state index in [2.05, 4.69) is 9.97 Å². The number of nitrogens with zero attached hydrogens (tertiary/aromatic N) is 2. The van der Waals surface area contributed by atoms with E-state index in [1.165, 1.54) is 12.7 Å². The highest BCUT2D eigenvalue weighted by molar-refractivity contribution is 6.30. The van der Waals surface area contributed by atoms with Crippen LogP contribution < -0.4 is 0 Å². The third-order valence-electron chi connectivity index (χ3n) is 3.05. The van der Waals surface area contributed by atoms with Gasteiger partial charge in [-0.05, 0) is 18.8 Å². The molecule has 0 aromatic carbocycles. The molecule has 1 fully saturated rings. The number of carboxylic acid groups (broad SMARTS) is 1. The number of hydrogen-bond acceptors (Lipinski definition) is 3. The van der Waals surface area contributed by atoms with E-state index in [1.807, 2.05) is 0 Å². The number of hydrogen-bond donors (Lipinski definition) is 1. The second kappa shape index (κ2) is 4.78. The van der Waals surface area contributed by atoms with E-state index in [1.54, 1.807) is 0 Å². The molecule has 0 saturated heterocycles. The van der Waals surface area contributed by atoms with E-state index < -0.39 is 5.97 Å². The lowest BCUT2D eigenvalue weighted by molar-refractivity contribution is 0.0688. The lowest BCUT2D eigenvalue weighted by atomic mass is 9.84. The molecule has 1 heterocycles. The molecule has 0 aliphatic heterocycles. The Hall–Kier alpha value is -1.16. The van der Waals surface area contributed by atoms with Crippen molar-refractivity contribution in [3.63, 3.8) is 0 Å². The SMILES string of the molecule is O=C(O)c1ncnc(Cl)c1C1CCCCC1. The Morgan fingerprint density at radius 3 is 2.62 bits per heavy atom. The van der Waals surface area contributed by atoms with E-state index in [0.717, 1.165) is 25.7 Å². The molecule has 0 atom stereocenters. The molecule has 1 aliphatic rings. The average molecular weight is 241 g/mol. The third-order valence-corrected chi connectivity index (χ3v) is 3.35. The van der Waals surface area contributed by atoms with Crippen LogP contribution in [0, 0.1) is 0 Å². The second-order valence-corrected chi connectivity index (χ2v) is 4.42. The maximum atomic E-state index is 11.1. The van der Waals surface area contributed by atoms with Crippen molar-refractivity contribution in [3.05, 3.63) is 22.7 Å². The Kier molecular flexibility index (Phi) is 3.39. The summed E-state index contributed by atoms with van der Waals surface area (Å²) >= 11 is 5.99. The average Bonchev–Trinajstić information content (AvgIpc) is 2.29. The van der Waals surface area contributed by atoms with Gasteiger partial charge in [-0.1, -0.05) is 30.9 Å². The fourth-order valence-corrected chi connectivity index (χ4v) is 2.59. The van der Waals surface area contributed by atoms with Gasteiger partial charge in [-0.15, -0.1) is 0 Å². The maximum absolute atomic E-state index is 11.1. The van der Waals surface area contributed by atoms with Crippen molar-refractivity contribution >= 4 is 17.6 Å². The minimum absolute atomic E-state index is 0.0619. The molecule has 0 amide bonds. The van der Waals surface area contributed by atoms with Gasteiger partial charge in [0.2, 0.25) is 0 Å². The zero-order valence-corrected chi connectivity index (χ0v) is 9.57. The molecule has 1 N–H and O–H groups in total. The molecule has 1 aromatic heterocycles. The summed E-state index contributed by atoms with van der Waals surface area (Å²) < 4.78 is 0. The first-order valence-corrected chi connectivity index (χ1v) is 5.81. The minimum Gasteiger partial charge on any atom is -0.476 e. The van der Waals surface area contributed by atoms with E-state index in [9.17, 15) is 4.79 Å². The van der Waals surface area contributed by atoms with Gasteiger partial charge in [-0.2, -0.15) is 0 Å². The fourth-order valence-electron chi connectivity index (χ4n) is 2.30. The summed E-state index contributed by atoms with van der Waals surface area (Å²) in [6, 6.07) is 0. The monoisotopic (exact) mass is 240 g/mol. The van der Waals surface area contributed by atoms with Crippen molar-refractivity contribution in [2.45, 2.75) is 38.0 Å². The van der Waals surface area contributed by atoms with Crippen molar-refractivity contribution in [1.82, 2.24) is 9.97 Å². The van der Waals surface area contributed by atoms with Gasteiger partial charge in [-0.25, -0.2) is 14.8 Å². The van der Waals surface area contributed by atoms with E-state index in [0.29, 0.717) is 10.7 Å². The van der Waals surface area contributed by atoms with Crippen LogP contribution in [-0.2, 0) is 0 Å². The van der Waals surface area contributed by atoms with E-state index in [-0.39, 0.29) is 11.6 Å². The normalized spacial score (nSPS) is 17.3. The molecule has 1 aliphatic carbocycles. The van der Waals surface area contributed by atoms with Crippen LogP contribution in [0.3, 0.4) is 0 Å². The van der Waals surface area contributed by atoms with Crippen LogP contribution >= 0.6 is 11.6 Å². The molecular weight excluding hydrogens is 228 g/mol. The van der Waals surface area contributed by atoms with Gasteiger partial charge in [0.05, 0.1) is 0 Å². The fraction of sp³-hybridized carbons (Fsp3) is 0.545. The highest BCUT2D eigenvalue weighted by Crippen LogP contribution is 2.36. The summed E-state index contributed by atoms with van der Waals surface area (Å²) in [4.78, 5) is 18.8. The second-order valence-electron chi connectivity index (χ2n) is 4.07. The van der Waals surface area contributed by atoms with Crippen LogP contribution in [0.4, 0.5) is 0 Å². The number of carboxylic acids is 1. The van der Waals surface area contributed by atoms with Gasteiger partial charge in [-0.3, -0.25) is 0 Å². The van der Waals surface area contributed by atoms with Crippen LogP contribution in [0.25, 0.3) is 0 Å². The highest BCUT2D eigenvalue weighted by Gasteiger charge is 2.25. The lowest BCUT2D eigenvalue weighted by Gasteiger charge is -2.23. The lowest BCUT2D eigenvalue weighted by Crippen LogP contribution is -2.13. The Balaban J connectivity index is 2.40. The van der Waals surface area contributed by atoms with Gasteiger partial charge in [0.15, 0.2) is 5.69 Å². The molecule has 0 bridgehead atoms. The predicted octanol–water partition coefficient (Wildman–Crippen LogP) is 2.88. The van der Waals surface area contributed by atoms with Gasteiger partial charge in [0, 0.05) is 5.56 Å². The molecule has 16 heavy (non-hydrogen) atoms. The smallest absolute Gasteiger partial charge is 0.354 e. The Morgan fingerprint density at radius 1 is 1.31 bits per heavy atom. The molecule has 4 nitrogen and oxygen atoms in total. The number of carbonyl (C=O) groups is 1. The highest BCUT2D eigenvalue weighted by atomic mass is 35.5. The first kappa shape index (κ1) is 11.3. The first-order valence-electron chi connectivity index (χ1n) is 5.44. The summed E-state index contributed by atoms with van der Waals surface area (Å²) in [5.41, 5.74) is 0.684. The molecular formula is C11H13ClN2O2. The Labute approximate surface area is 98.7 Å². The quantitative estimate of drug-likeness (QED) is 0.808. The summed E-state index contributed by atoms with van der Waals surface area (Å²) in [5.74, 6) is -0.821. The van der Waals surface area contributed by atoms with Gasteiger partial charge >= 0.3 is 5.97 Å². The molecule has 1 aromatic rings. The molecule has 0 radical (unpaired) electrons. The van der Waals surface area contributed by atoms with Gasteiger partial charge in [0.1, 0.15) is 11.5 Å². The van der Waals surface area contributed by atoms with Crippen molar-refractivity contribution in [1.29, 1.82) is 0 Å². The third kappa shape index (κ3) is 2.16. The molecule has 2 rings (SSSR count). The molecule has 0 unspecified atom stereocenters. The largest absolute Gasteiger partial charge is 0.476 e. The molecule has 0 spiro atoms. The zero-order chi connectivity index (χ0) is 11.5. The molecule has 5 heteroatoms. The summed E-state index contributed by atoms with van der Waals surface area (Å²) in [6.07, 6.45) is 6.62. The first-order chi connectivity index (χ1) is 7.70. The number of halogens is 1. The zero-order valence-electron chi connectivity index (χ0n) is 8.82. The number of aromatic nitrogens is 2. The minimum atomic E-state index is -1.02. The van der Waals surface area contributed by atoms with Crippen LogP contribution in [-0.4, -0.2) is 21.0 Å². The maximum Gasteiger partial charge on any atom is 0.354 e. The standard InChI is InChI=1S/C11H13ClN2O2/c12-10-8(7-4-2-1-3-5-7)9(11(15)16)13-6-14-10/h6-7H,1-5H2,(H,15,16). The van der Waals surface area contributed by atoms with Crippen molar-refractivity contribution < 1.29 is 9.90 Å². The predicted molar refractivity (Wildman–Crippen MR) is 59.8 cm³/mol. The topological polar surface area (TPSA) is 63.1 Å². The number of rotatable bonds is 2. The van der Waals surface area contributed by atoms with E-state index in [4.69, 9.17) is 16.7 Å². The van der Waals surface area contributed by atoms with Gasteiger partial charge in [0.25, 0.3) is 0 Å². The van der Waals surface area contributed by atoms with Crippen LogP contribution in [0.15, 0.2) is 6.33 Å². The summed E-state index contributed by atoms with van der Waals surface area (Å²) in [5, 5.41) is 9.36. The van der Waals surface area contributed by atoms with Crippen molar-refractivity contribution in [2.24, 2.45) is 0 Å². The van der Waals surface area contributed by atoms with Crippen molar-refractivity contribution in [3.8, 4) is 0 Å². The molecule has 1 saturated carbocycles. The van der Waals surface area contributed by atoms with Crippen molar-refractivity contribution in [2.75, 3.05) is 0 Å². The summed E-state index contributed by atoms with van der Waals surface area (Å²) in [7, 11) is 0. The Bertz CT molecular complexity index is 403. The van der Waals surface area contributed by atoms with Crippen LogP contribution in [0.1, 0.15) is 54.1 Å². The van der Waals surface area contributed by atoms with Crippen LogP contribution in [0.2, 0.25) is 5.15 Å². The molecule has 86 valence electrons. The van der Waals surface area contributed by atoms with Gasteiger partial charge < -0.3 is 5.11 Å². The van der Waals surface area contributed by atoms with E-state index >= 15 is 0 Å².